The van der Waals surface area contributed by atoms with Crippen molar-refractivity contribution in [3.8, 4) is 5.75 Å². The summed E-state index contributed by atoms with van der Waals surface area (Å²) < 4.78 is 5.92. The Morgan fingerprint density at radius 3 is 2.91 bits per heavy atom. The molecule has 1 atom stereocenters. The van der Waals surface area contributed by atoms with Crippen molar-refractivity contribution in [2.75, 3.05) is 13.1 Å². The highest BCUT2D eigenvalue weighted by Crippen LogP contribution is 2.20. The topological polar surface area (TPSA) is 68.5 Å². The van der Waals surface area contributed by atoms with Crippen molar-refractivity contribution in [2.24, 2.45) is 0 Å². The molecule has 0 unspecified atom stereocenters. The average Bonchev–Trinajstić information content (AvgIpc) is 2.95. The van der Waals surface area contributed by atoms with Crippen molar-refractivity contribution in [3.05, 3.63) is 64.5 Å². The van der Waals surface area contributed by atoms with E-state index in [4.69, 9.17) is 4.74 Å². The van der Waals surface area contributed by atoms with Crippen LogP contribution in [0.3, 0.4) is 0 Å². The van der Waals surface area contributed by atoms with E-state index in [2.05, 4.69) is 9.88 Å². The molecular formula is C16H17N3O3. The van der Waals surface area contributed by atoms with Crippen molar-refractivity contribution in [1.29, 1.82) is 0 Å². The number of benzene rings is 1. The molecule has 0 amide bonds. The molecule has 1 aliphatic rings. The first-order valence-corrected chi connectivity index (χ1v) is 7.23. The van der Waals surface area contributed by atoms with Crippen LogP contribution < -0.4 is 4.74 Å². The molecule has 1 saturated heterocycles. The lowest BCUT2D eigenvalue weighted by Gasteiger charge is -2.16. The highest BCUT2D eigenvalue weighted by Gasteiger charge is 2.24. The predicted octanol–water partition coefficient (Wildman–Crippen LogP) is 2.64. The summed E-state index contributed by atoms with van der Waals surface area (Å²) in [6.45, 7) is 2.46. The van der Waals surface area contributed by atoms with E-state index in [0.717, 1.165) is 30.8 Å². The van der Waals surface area contributed by atoms with E-state index in [-0.39, 0.29) is 16.7 Å². The van der Waals surface area contributed by atoms with Crippen LogP contribution in [0.5, 0.6) is 5.75 Å². The number of hydrogen-bond acceptors (Lipinski definition) is 5. The predicted molar refractivity (Wildman–Crippen MR) is 81.6 cm³/mol. The van der Waals surface area contributed by atoms with E-state index < -0.39 is 0 Å². The second-order valence-corrected chi connectivity index (χ2v) is 5.37. The molecule has 0 radical (unpaired) electrons. The van der Waals surface area contributed by atoms with Crippen molar-refractivity contribution in [1.82, 2.24) is 9.88 Å². The SMILES string of the molecule is O=[N+]([O-])c1cccc(CN2CC[C@@H](Oc3ccncc3)C2)c1. The molecule has 1 fully saturated rings. The smallest absolute Gasteiger partial charge is 0.269 e. The number of likely N-dealkylation sites (tertiary alicyclic amines) is 1. The zero-order valence-electron chi connectivity index (χ0n) is 12.1. The van der Waals surface area contributed by atoms with Gasteiger partial charge in [0, 0.05) is 44.2 Å². The van der Waals surface area contributed by atoms with E-state index in [1.807, 2.05) is 18.2 Å². The van der Waals surface area contributed by atoms with Gasteiger partial charge in [-0.1, -0.05) is 12.1 Å². The Morgan fingerprint density at radius 2 is 2.14 bits per heavy atom. The van der Waals surface area contributed by atoms with Gasteiger partial charge in [-0.3, -0.25) is 20.0 Å². The molecular weight excluding hydrogens is 282 g/mol. The highest BCUT2D eigenvalue weighted by molar-refractivity contribution is 5.34. The van der Waals surface area contributed by atoms with Crippen LogP contribution in [-0.4, -0.2) is 34.0 Å². The van der Waals surface area contributed by atoms with Crippen molar-refractivity contribution in [2.45, 2.75) is 19.1 Å². The molecule has 2 aromatic rings. The van der Waals surface area contributed by atoms with Crippen LogP contribution in [0.15, 0.2) is 48.8 Å². The van der Waals surface area contributed by atoms with Crippen LogP contribution in [0.1, 0.15) is 12.0 Å². The van der Waals surface area contributed by atoms with Gasteiger partial charge in [0.25, 0.3) is 5.69 Å². The molecule has 0 spiro atoms. The van der Waals surface area contributed by atoms with Gasteiger partial charge in [-0.2, -0.15) is 0 Å². The summed E-state index contributed by atoms with van der Waals surface area (Å²) in [4.78, 5) is 16.7. The number of rotatable bonds is 5. The molecule has 114 valence electrons. The maximum Gasteiger partial charge on any atom is 0.269 e. The molecule has 3 rings (SSSR count). The molecule has 0 N–H and O–H groups in total. The van der Waals surface area contributed by atoms with Gasteiger partial charge >= 0.3 is 0 Å². The molecule has 6 nitrogen and oxygen atoms in total. The van der Waals surface area contributed by atoms with Crippen molar-refractivity contribution < 1.29 is 9.66 Å². The van der Waals surface area contributed by atoms with Crippen LogP contribution in [0.25, 0.3) is 0 Å². The van der Waals surface area contributed by atoms with E-state index in [9.17, 15) is 10.1 Å². The minimum Gasteiger partial charge on any atom is -0.489 e. The number of nitrogens with zero attached hydrogens (tertiary/aromatic N) is 3. The van der Waals surface area contributed by atoms with Crippen molar-refractivity contribution in [3.63, 3.8) is 0 Å². The van der Waals surface area contributed by atoms with Gasteiger partial charge in [-0.15, -0.1) is 0 Å². The largest absolute Gasteiger partial charge is 0.489 e. The first kappa shape index (κ1) is 14.5. The normalized spacial score (nSPS) is 18.3. The fourth-order valence-corrected chi connectivity index (χ4v) is 2.67. The summed E-state index contributed by atoms with van der Waals surface area (Å²) in [5, 5.41) is 10.8. The van der Waals surface area contributed by atoms with Crippen LogP contribution in [0.2, 0.25) is 0 Å². The Bertz CT molecular complexity index is 648. The summed E-state index contributed by atoms with van der Waals surface area (Å²) in [6.07, 6.45) is 4.54. The summed E-state index contributed by atoms with van der Waals surface area (Å²) in [5.74, 6) is 0.831. The molecule has 2 heterocycles. The van der Waals surface area contributed by atoms with Gasteiger partial charge in [0.05, 0.1) is 4.92 Å². The van der Waals surface area contributed by atoms with Crippen LogP contribution >= 0.6 is 0 Å². The quantitative estimate of drug-likeness (QED) is 0.627. The zero-order chi connectivity index (χ0) is 15.4. The van der Waals surface area contributed by atoms with Crippen molar-refractivity contribution >= 4 is 5.69 Å². The van der Waals surface area contributed by atoms with Crippen LogP contribution in [0, 0.1) is 10.1 Å². The zero-order valence-corrected chi connectivity index (χ0v) is 12.1. The second kappa shape index (κ2) is 6.53. The molecule has 22 heavy (non-hydrogen) atoms. The number of pyridine rings is 1. The minimum absolute atomic E-state index is 0.140. The number of aromatic nitrogens is 1. The Morgan fingerprint density at radius 1 is 1.32 bits per heavy atom. The number of nitro groups is 1. The molecule has 6 heteroatoms. The highest BCUT2D eigenvalue weighted by atomic mass is 16.6. The Hall–Kier alpha value is -2.47. The summed E-state index contributed by atoms with van der Waals surface area (Å²) >= 11 is 0. The van der Waals surface area contributed by atoms with Crippen LogP contribution in [0.4, 0.5) is 5.69 Å². The summed E-state index contributed by atoms with van der Waals surface area (Å²) in [7, 11) is 0. The van der Waals surface area contributed by atoms with E-state index in [1.54, 1.807) is 24.5 Å². The maximum atomic E-state index is 10.8. The summed E-state index contributed by atoms with van der Waals surface area (Å²) in [6, 6.07) is 10.5. The minimum atomic E-state index is -0.358. The molecule has 0 aliphatic carbocycles. The fourth-order valence-electron chi connectivity index (χ4n) is 2.67. The van der Waals surface area contributed by atoms with Gasteiger partial charge in [0.1, 0.15) is 11.9 Å². The fraction of sp³-hybridized carbons (Fsp3) is 0.312. The first-order chi connectivity index (χ1) is 10.7. The van der Waals surface area contributed by atoms with Gasteiger partial charge < -0.3 is 4.74 Å². The molecule has 1 aromatic carbocycles. The standard InChI is InChI=1S/C16H17N3O3/c20-19(21)14-3-1-2-13(10-14)11-18-9-6-16(12-18)22-15-4-7-17-8-5-15/h1-5,7-8,10,16H,6,9,11-12H2/t16-/m1/s1. The lowest BCUT2D eigenvalue weighted by Crippen LogP contribution is -2.24. The van der Waals surface area contributed by atoms with E-state index >= 15 is 0 Å². The lowest BCUT2D eigenvalue weighted by atomic mass is 10.2. The first-order valence-electron chi connectivity index (χ1n) is 7.23. The van der Waals surface area contributed by atoms with E-state index in [1.165, 1.54) is 6.07 Å². The average molecular weight is 299 g/mol. The number of nitro benzene ring substituents is 1. The molecule has 0 saturated carbocycles. The Kier molecular flexibility index (Phi) is 4.29. The number of hydrogen-bond donors (Lipinski definition) is 0. The van der Waals surface area contributed by atoms with Gasteiger partial charge in [0.15, 0.2) is 0 Å². The molecule has 1 aromatic heterocycles. The number of non-ortho nitro benzene ring substituents is 1. The summed E-state index contributed by atoms with van der Waals surface area (Å²) in [5.41, 5.74) is 1.10. The second-order valence-electron chi connectivity index (χ2n) is 5.37. The molecule has 1 aliphatic heterocycles. The van der Waals surface area contributed by atoms with E-state index in [0.29, 0.717) is 6.54 Å². The van der Waals surface area contributed by atoms with Gasteiger partial charge in [-0.25, -0.2) is 0 Å². The van der Waals surface area contributed by atoms with Crippen LogP contribution in [-0.2, 0) is 6.54 Å². The monoisotopic (exact) mass is 299 g/mol. The third-order valence-corrected chi connectivity index (χ3v) is 3.71. The maximum absolute atomic E-state index is 10.8. The Balaban J connectivity index is 1.57. The third-order valence-electron chi connectivity index (χ3n) is 3.71. The third kappa shape index (κ3) is 3.59. The number of ether oxygens (including phenoxy) is 1. The Labute approximate surface area is 128 Å². The molecule has 0 bridgehead atoms. The van der Waals surface area contributed by atoms with Gasteiger partial charge in [-0.05, 0) is 24.1 Å². The van der Waals surface area contributed by atoms with Gasteiger partial charge in [0.2, 0.25) is 0 Å². The lowest BCUT2D eigenvalue weighted by molar-refractivity contribution is -0.384.